The van der Waals surface area contributed by atoms with Gasteiger partial charge in [-0.05, 0) is 31.5 Å². The molecule has 0 aliphatic rings. The number of aliphatic hydroxyl groups excluding tert-OH is 1. The summed E-state index contributed by atoms with van der Waals surface area (Å²) in [5.41, 5.74) is 1.24. The molecule has 4 heteroatoms. The second-order valence-electron chi connectivity index (χ2n) is 6.12. The molecule has 0 spiro atoms. The van der Waals surface area contributed by atoms with E-state index in [0.29, 0.717) is 24.1 Å². The van der Waals surface area contributed by atoms with E-state index in [0.717, 1.165) is 6.54 Å². The van der Waals surface area contributed by atoms with Crippen LogP contribution in [0.2, 0.25) is 0 Å². The highest BCUT2D eigenvalue weighted by atomic mass is 16.5. The molecular formula is C20H27NO3. The highest BCUT2D eigenvalue weighted by Crippen LogP contribution is 2.25. The fourth-order valence-electron chi connectivity index (χ4n) is 2.52. The first kappa shape index (κ1) is 18.3. The number of methoxy groups -OCH3 is 1. The minimum Gasteiger partial charge on any atom is -0.493 e. The molecule has 2 rings (SSSR count). The molecule has 1 atom stereocenters. The second kappa shape index (κ2) is 9.30. The van der Waals surface area contributed by atoms with Crippen LogP contribution < -0.4 is 9.47 Å². The Labute approximate surface area is 144 Å². The molecule has 0 aromatic heterocycles. The van der Waals surface area contributed by atoms with Crippen molar-refractivity contribution in [1.29, 1.82) is 0 Å². The van der Waals surface area contributed by atoms with E-state index >= 15 is 0 Å². The van der Waals surface area contributed by atoms with Crippen LogP contribution in [-0.4, -0.2) is 42.4 Å². The van der Waals surface area contributed by atoms with Crippen molar-refractivity contribution in [3.63, 3.8) is 0 Å². The van der Waals surface area contributed by atoms with E-state index in [9.17, 15) is 5.11 Å². The van der Waals surface area contributed by atoms with Crippen molar-refractivity contribution in [2.24, 2.45) is 0 Å². The molecule has 24 heavy (non-hydrogen) atoms. The predicted octanol–water partition coefficient (Wildman–Crippen LogP) is 3.35. The van der Waals surface area contributed by atoms with Crippen LogP contribution in [0.3, 0.4) is 0 Å². The van der Waals surface area contributed by atoms with Gasteiger partial charge in [-0.1, -0.05) is 42.5 Å². The summed E-state index contributed by atoms with van der Waals surface area (Å²) < 4.78 is 11.0. The fraction of sp³-hybridized carbons (Fsp3) is 0.400. The van der Waals surface area contributed by atoms with Gasteiger partial charge in [0.25, 0.3) is 0 Å². The SMILES string of the molecule is COc1ccccc1OC[C@@H](O)CN(Cc1ccccc1)C(C)C. The maximum absolute atomic E-state index is 10.4. The summed E-state index contributed by atoms with van der Waals surface area (Å²) in [6, 6.07) is 18.1. The molecule has 0 heterocycles. The van der Waals surface area contributed by atoms with Gasteiger partial charge in [0, 0.05) is 19.1 Å². The molecule has 0 unspecified atom stereocenters. The zero-order valence-corrected chi connectivity index (χ0v) is 14.7. The lowest BCUT2D eigenvalue weighted by Crippen LogP contribution is -2.39. The average molecular weight is 329 g/mol. The van der Waals surface area contributed by atoms with Crippen molar-refractivity contribution in [2.75, 3.05) is 20.3 Å². The molecule has 0 aliphatic heterocycles. The number of hydrogen-bond acceptors (Lipinski definition) is 4. The zero-order chi connectivity index (χ0) is 17.4. The minimum absolute atomic E-state index is 0.235. The summed E-state index contributed by atoms with van der Waals surface area (Å²) in [6.07, 6.45) is -0.568. The van der Waals surface area contributed by atoms with Gasteiger partial charge in [0.05, 0.1) is 7.11 Å². The Balaban J connectivity index is 1.89. The van der Waals surface area contributed by atoms with Crippen molar-refractivity contribution in [3.05, 3.63) is 60.2 Å². The van der Waals surface area contributed by atoms with E-state index in [1.807, 2.05) is 42.5 Å². The first-order chi connectivity index (χ1) is 11.6. The summed E-state index contributed by atoms with van der Waals surface area (Å²) in [5, 5.41) is 10.4. The zero-order valence-electron chi connectivity index (χ0n) is 14.7. The summed E-state index contributed by atoms with van der Waals surface area (Å²) in [6.45, 7) is 5.87. The summed E-state index contributed by atoms with van der Waals surface area (Å²) in [5.74, 6) is 1.33. The van der Waals surface area contributed by atoms with Crippen LogP contribution >= 0.6 is 0 Å². The first-order valence-electron chi connectivity index (χ1n) is 8.32. The Bertz CT molecular complexity index is 601. The van der Waals surface area contributed by atoms with E-state index in [2.05, 4.69) is 30.9 Å². The smallest absolute Gasteiger partial charge is 0.161 e. The van der Waals surface area contributed by atoms with Gasteiger partial charge in [-0.3, -0.25) is 4.90 Å². The lowest BCUT2D eigenvalue weighted by atomic mass is 10.1. The molecule has 0 amide bonds. The molecular weight excluding hydrogens is 302 g/mol. The molecule has 4 nitrogen and oxygen atoms in total. The van der Waals surface area contributed by atoms with E-state index in [-0.39, 0.29) is 6.61 Å². The van der Waals surface area contributed by atoms with Crippen molar-refractivity contribution in [3.8, 4) is 11.5 Å². The third kappa shape index (κ3) is 5.55. The monoisotopic (exact) mass is 329 g/mol. The Morgan fingerprint density at radius 3 is 2.21 bits per heavy atom. The highest BCUT2D eigenvalue weighted by Gasteiger charge is 2.16. The Morgan fingerprint density at radius 2 is 1.58 bits per heavy atom. The molecule has 130 valence electrons. The number of ether oxygens (including phenoxy) is 2. The van der Waals surface area contributed by atoms with Gasteiger partial charge in [0.2, 0.25) is 0 Å². The van der Waals surface area contributed by atoms with E-state index in [1.54, 1.807) is 7.11 Å². The first-order valence-corrected chi connectivity index (χ1v) is 8.32. The summed E-state index contributed by atoms with van der Waals surface area (Å²) >= 11 is 0. The van der Waals surface area contributed by atoms with Crippen LogP contribution in [-0.2, 0) is 6.54 Å². The number of para-hydroxylation sites is 2. The average Bonchev–Trinajstić information content (AvgIpc) is 2.60. The number of aliphatic hydroxyl groups is 1. The van der Waals surface area contributed by atoms with Gasteiger partial charge in [0.1, 0.15) is 12.7 Å². The molecule has 2 aromatic rings. The van der Waals surface area contributed by atoms with Crippen molar-refractivity contribution in [2.45, 2.75) is 32.5 Å². The lowest BCUT2D eigenvalue weighted by Gasteiger charge is -2.29. The van der Waals surface area contributed by atoms with Crippen LogP contribution in [0.4, 0.5) is 0 Å². The Hall–Kier alpha value is -2.04. The van der Waals surface area contributed by atoms with Crippen LogP contribution in [0.1, 0.15) is 19.4 Å². The Kier molecular flexibility index (Phi) is 7.09. The number of hydrogen-bond donors (Lipinski definition) is 1. The normalized spacial score (nSPS) is 12.4. The van der Waals surface area contributed by atoms with Crippen LogP contribution in [0, 0.1) is 0 Å². The van der Waals surface area contributed by atoms with E-state index in [1.165, 1.54) is 5.56 Å². The third-order valence-electron chi connectivity index (χ3n) is 3.90. The molecule has 2 aromatic carbocycles. The van der Waals surface area contributed by atoms with Gasteiger partial charge in [-0.2, -0.15) is 0 Å². The minimum atomic E-state index is -0.568. The molecule has 0 saturated heterocycles. The van der Waals surface area contributed by atoms with E-state index < -0.39 is 6.10 Å². The van der Waals surface area contributed by atoms with Crippen LogP contribution in [0.5, 0.6) is 11.5 Å². The van der Waals surface area contributed by atoms with Gasteiger partial charge >= 0.3 is 0 Å². The highest BCUT2D eigenvalue weighted by molar-refractivity contribution is 5.39. The molecule has 0 fully saturated rings. The molecule has 0 radical (unpaired) electrons. The van der Waals surface area contributed by atoms with Crippen LogP contribution in [0.15, 0.2) is 54.6 Å². The standard InChI is InChI=1S/C20H27NO3/c1-16(2)21(13-17-9-5-4-6-10-17)14-18(22)15-24-20-12-8-7-11-19(20)23-3/h4-12,16,18,22H,13-15H2,1-3H3/t18-/m0/s1. The topological polar surface area (TPSA) is 41.9 Å². The van der Waals surface area contributed by atoms with Gasteiger partial charge in [-0.15, -0.1) is 0 Å². The van der Waals surface area contributed by atoms with Gasteiger partial charge in [-0.25, -0.2) is 0 Å². The molecule has 1 N–H and O–H groups in total. The second-order valence-corrected chi connectivity index (χ2v) is 6.12. The maximum atomic E-state index is 10.4. The van der Waals surface area contributed by atoms with E-state index in [4.69, 9.17) is 9.47 Å². The fourth-order valence-corrected chi connectivity index (χ4v) is 2.52. The number of benzene rings is 2. The quantitative estimate of drug-likeness (QED) is 0.766. The molecule has 0 bridgehead atoms. The predicted molar refractivity (Wildman–Crippen MR) is 96.5 cm³/mol. The van der Waals surface area contributed by atoms with Gasteiger partial charge < -0.3 is 14.6 Å². The maximum Gasteiger partial charge on any atom is 0.161 e. The summed E-state index contributed by atoms with van der Waals surface area (Å²) in [7, 11) is 1.61. The van der Waals surface area contributed by atoms with Crippen LogP contribution in [0.25, 0.3) is 0 Å². The molecule has 0 saturated carbocycles. The number of nitrogens with zero attached hydrogens (tertiary/aromatic N) is 1. The van der Waals surface area contributed by atoms with Crippen molar-refractivity contribution < 1.29 is 14.6 Å². The number of rotatable bonds is 9. The summed E-state index contributed by atoms with van der Waals surface area (Å²) in [4.78, 5) is 2.24. The Morgan fingerprint density at radius 1 is 0.958 bits per heavy atom. The lowest BCUT2D eigenvalue weighted by molar-refractivity contribution is 0.0535. The van der Waals surface area contributed by atoms with Gasteiger partial charge in [0.15, 0.2) is 11.5 Å². The third-order valence-corrected chi connectivity index (χ3v) is 3.90. The largest absolute Gasteiger partial charge is 0.493 e. The van der Waals surface area contributed by atoms with Crippen molar-refractivity contribution in [1.82, 2.24) is 4.90 Å². The molecule has 0 aliphatic carbocycles. The van der Waals surface area contributed by atoms with Crippen molar-refractivity contribution >= 4 is 0 Å².